The van der Waals surface area contributed by atoms with Gasteiger partial charge in [-0.15, -0.1) is 0 Å². The minimum atomic E-state index is -0.667. The van der Waals surface area contributed by atoms with Gasteiger partial charge in [0.25, 0.3) is 5.91 Å². The minimum absolute atomic E-state index is 0.279. The van der Waals surface area contributed by atoms with Crippen LogP contribution in [0.15, 0.2) is 36.5 Å². The number of nitrogens with one attached hydrogen (secondary N) is 1. The highest BCUT2D eigenvalue weighted by Crippen LogP contribution is 2.19. The van der Waals surface area contributed by atoms with E-state index < -0.39 is 6.10 Å². The van der Waals surface area contributed by atoms with Crippen LogP contribution in [0.25, 0.3) is 0 Å². The van der Waals surface area contributed by atoms with E-state index in [-0.39, 0.29) is 5.91 Å². The van der Waals surface area contributed by atoms with Crippen molar-refractivity contribution in [2.45, 2.75) is 20.0 Å². The first-order chi connectivity index (χ1) is 9.95. The smallest absolute Gasteiger partial charge is 0.265 e. The Hall–Kier alpha value is -1.78. The number of hydrogen-bond acceptors (Lipinski definition) is 3. The van der Waals surface area contributed by atoms with Crippen LogP contribution in [0.3, 0.4) is 0 Å². The SMILES string of the molecule is Cc1cc(NC(=O)C(C)Oc2cccc(Cl)c2)cnc1Cl. The van der Waals surface area contributed by atoms with Gasteiger partial charge in [-0.05, 0) is 43.7 Å². The topological polar surface area (TPSA) is 51.2 Å². The molecule has 1 amide bonds. The Kier molecular flexibility index (Phi) is 5.04. The summed E-state index contributed by atoms with van der Waals surface area (Å²) in [5.74, 6) is 0.258. The number of benzene rings is 1. The summed E-state index contributed by atoms with van der Waals surface area (Å²) in [7, 11) is 0. The summed E-state index contributed by atoms with van der Waals surface area (Å²) in [6, 6.07) is 8.64. The van der Waals surface area contributed by atoms with Crippen LogP contribution in [-0.4, -0.2) is 17.0 Å². The molecule has 0 radical (unpaired) electrons. The number of carbonyl (C=O) groups is 1. The Labute approximate surface area is 133 Å². The molecule has 1 atom stereocenters. The van der Waals surface area contributed by atoms with Crippen molar-refractivity contribution < 1.29 is 9.53 Å². The predicted octanol–water partition coefficient (Wildman–Crippen LogP) is 4.10. The molecular formula is C15H14Cl2N2O2. The van der Waals surface area contributed by atoms with Crippen molar-refractivity contribution in [3.8, 4) is 5.75 Å². The lowest BCUT2D eigenvalue weighted by molar-refractivity contribution is -0.122. The number of nitrogens with zero attached hydrogens (tertiary/aromatic N) is 1. The van der Waals surface area contributed by atoms with Gasteiger partial charge in [-0.25, -0.2) is 4.98 Å². The fourth-order valence-corrected chi connectivity index (χ4v) is 1.95. The van der Waals surface area contributed by atoms with Crippen LogP contribution in [-0.2, 0) is 4.79 Å². The second kappa shape index (κ2) is 6.78. The molecule has 0 fully saturated rings. The van der Waals surface area contributed by atoms with Gasteiger partial charge in [0.1, 0.15) is 10.9 Å². The third-order valence-corrected chi connectivity index (χ3v) is 3.39. The van der Waals surface area contributed by atoms with E-state index >= 15 is 0 Å². The van der Waals surface area contributed by atoms with Gasteiger partial charge in [0, 0.05) is 5.02 Å². The third-order valence-electron chi connectivity index (χ3n) is 2.76. The molecule has 6 heteroatoms. The number of pyridine rings is 1. The molecule has 1 aromatic heterocycles. The molecule has 0 saturated heterocycles. The highest BCUT2D eigenvalue weighted by atomic mass is 35.5. The number of carbonyl (C=O) groups excluding carboxylic acids is 1. The highest BCUT2D eigenvalue weighted by Gasteiger charge is 2.15. The molecule has 0 aliphatic heterocycles. The summed E-state index contributed by atoms with van der Waals surface area (Å²) in [5.41, 5.74) is 1.36. The molecule has 2 aromatic rings. The van der Waals surface area contributed by atoms with Crippen LogP contribution in [0.5, 0.6) is 5.75 Å². The lowest BCUT2D eigenvalue weighted by Crippen LogP contribution is -2.30. The maximum absolute atomic E-state index is 12.1. The van der Waals surface area contributed by atoms with Crippen molar-refractivity contribution in [2.24, 2.45) is 0 Å². The number of amides is 1. The molecule has 0 aliphatic rings. The van der Waals surface area contributed by atoms with Crippen molar-refractivity contribution in [2.75, 3.05) is 5.32 Å². The van der Waals surface area contributed by atoms with Gasteiger partial charge in [0.05, 0.1) is 11.9 Å². The molecule has 1 aromatic carbocycles. The monoisotopic (exact) mass is 324 g/mol. The predicted molar refractivity (Wildman–Crippen MR) is 84.2 cm³/mol. The second-order valence-corrected chi connectivity index (χ2v) is 5.33. The fraction of sp³-hybridized carbons (Fsp3) is 0.200. The van der Waals surface area contributed by atoms with E-state index in [2.05, 4.69) is 10.3 Å². The van der Waals surface area contributed by atoms with Crippen LogP contribution in [0.1, 0.15) is 12.5 Å². The first-order valence-corrected chi connectivity index (χ1v) is 7.06. The highest BCUT2D eigenvalue weighted by molar-refractivity contribution is 6.30. The van der Waals surface area contributed by atoms with E-state index in [1.54, 1.807) is 37.3 Å². The van der Waals surface area contributed by atoms with E-state index in [1.807, 2.05) is 6.92 Å². The maximum Gasteiger partial charge on any atom is 0.265 e. The zero-order valence-electron chi connectivity index (χ0n) is 11.6. The maximum atomic E-state index is 12.1. The van der Waals surface area contributed by atoms with Gasteiger partial charge in [-0.2, -0.15) is 0 Å². The molecular weight excluding hydrogens is 311 g/mol. The average molecular weight is 325 g/mol. The number of hydrogen-bond donors (Lipinski definition) is 1. The molecule has 0 saturated carbocycles. The molecule has 1 unspecified atom stereocenters. The summed E-state index contributed by atoms with van der Waals surface area (Å²) in [6.07, 6.45) is 0.832. The van der Waals surface area contributed by atoms with Gasteiger partial charge >= 0.3 is 0 Å². The van der Waals surface area contributed by atoms with Gasteiger partial charge in [0.15, 0.2) is 6.10 Å². The standard InChI is InChI=1S/C15H14Cl2N2O2/c1-9-6-12(8-18-14(9)17)19-15(20)10(2)21-13-5-3-4-11(16)7-13/h3-8,10H,1-2H3,(H,19,20). The fourth-order valence-electron chi connectivity index (χ4n) is 1.67. The summed E-state index contributed by atoms with van der Waals surface area (Å²) in [5, 5.41) is 3.69. The van der Waals surface area contributed by atoms with Crippen molar-refractivity contribution in [3.63, 3.8) is 0 Å². The minimum Gasteiger partial charge on any atom is -0.481 e. The average Bonchev–Trinajstić information content (AvgIpc) is 2.43. The number of aromatic nitrogens is 1. The molecule has 110 valence electrons. The Morgan fingerprint density at radius 1 is 1.33 bits per heavy atom. The third kappa shape index (κ3) is 4.34. The normalized spacial score (nSPS) is 11.8. The first-order valence-electron chi connectivity index (χ1n) is 6.31. The molecule has 2 rings (SSSR count). The van der Waals surface area contributed by atoms with Gasteiger partial charge in [-0.1, -0.05) is 29.3 Å². The van der Waals surface area contributed by atoms with Crippen LogP contribution < -0.4 is 10.1 Å². The summed E-state index contributed by atoms with van der Waals surface area (Å²) in [4.78, 5) is 16.0. The van der Waals surface area contributed by atoms with Gasteiger partial charge in [0.2, 0.25) is 0 Å². The van der Waals surface area contributed by atoms with Crippen LogP contribution >= 0.6 is 23.2 Å². The Morgan fingerprint density at radius 3 is 2.76 bits per heavy atom. The van der Waals surface area contributed by atoms with E-state index in [0.717, 1.165) is 5.56 Å². The summed E-state index contributed by atoms with van der Waals surface area (Å²) < 4.78 is 5.54. The van der Waals surface area contributed by atoms with E-state index in [4.69, 9.17) is 27.9 Å². The quantitative estimate of drug-likeness (QED) is 0.861. The summed E-state index contributed by atoms with van der Waals surface area (Å²) in [6.45, 7) is 3.48. The molecule has 0 aliphatic carbocycles. The zero-order valence-corrected chi connectivity index (χ0v) is 13.1. The van der Waals surface area contributed by atoms with Crippen molar-refractivity contribution >= 4 is 34.8 Å². The Bertz CT molecular complexity index is 662. The molecule has 21 heavy (non-hydrogen) atoms. The van der Waals surface area contributed by atoms with Gasteiger partial charge in [-0.3, -0.25) is 4.79 Å². The van der Waals surface area contributed by atoms with E-state index in [0.29, 0.717) is 21.6 Å². The van der Waals surface area contributed by atoms with Crippen LogP contribution in [0.2, 0.25) is 10.2 Å². The number of rotatable bonds is 4. The molecule has 4 nitrogen and oxygen atoms in total. The number of ether oxygens (including phenoxy) is 1. The second-order valence-electron chi connectivity index (χ2n) is 4.54. The summed E-state index contributed by atoms with van der Waals surface area (Å²) >= 11 is 11.7. The molecule has 1 N–H and O–H groups in total. The van der Waals surface area contributed by atoms with E-state index in [9.17, 15) is 4.79 Å². The number of anilines is 1. The molecule has 0 spiro atoms. The van der Waals surface area contributed by atoms with Crippen molar-refractivity contribution in [1.29, 1.82) is 0 Å². The zero-order chi connectivity index (χ0) is 15.4. The van der Waals surface area contributed by atoms with Gasteiger partial charge < -0.3 is 10.1 Å². The van der Waals surface area contributed by atoms with Crippen LogP contribution in [0, 0.1) is 6.92 Å². The van der Waals surface area contributed by atoms with Crippen LogP contribution in [0.4, 0.5) is 5.69 Å². The number of halogens is 2. The lowest BCUT2D eigenvalue weighted by atomic mass is 10.3. The number of aryl methyl sites for hydroxylation is 1. The first kappa shape index (κ1) is 15.6. The Morgan fingerprint density at radius 2 is 2.10 bits per heavy atom. The van der Waals surface area contributed by atoms with Crippen molar-refractivity contribution in [1.82, 2.24) is 4.98 Å². The van der Waals surface area contributed by atoms with E-state index in [1.165, 1.54) is 6.20 Å². The van der Waals surface area contributed by atoms with Crippen molar-refractivity contribution in [3.05, 3.63) is 52.3 Å². The Balaban J connectivity index is 2.00. The molecule has 1 heterocycles. The largest absolute Gasteiger partial charge is 0.481 e. The molecule has 0 bridgehead atoms. The lowest BCUT2D eigenvalue weighted by Gasteiger charge is -2.15.